The first-order valence-corrected chi connectivity index (χ1v) is 6.68. The van der Waals surface area contributed by atoms with Gasteiger partial charge in [-0.05, 0) is 18.7 Å². The van der Waals surface area contributed by atoms with Gasteiger partial charge >= 0.3 is 0 Å². The Morgan fingerprint density at radius 3 is 1.67 bits per heavy atom. The fourth-order valence-corrected chi connectivity index (χ4v) is 2.14. The van der Waals surface area contributed by atoms with Gasteiger partial charge < -0.3 is 10.2 Å². The summed E-state index contributed by atoms with van der Waals surface area (Å²) in [4.78, 5) is 1.82. The molecule has 0 fully saturated rings. The van der Waals surface area contributed by atoms with Crippen LogP contribution in [0.1, 0.15) is 18.1 Å². The summed E-state index contributed by atoms with van der Waals surface area (Å²) < 4.78 is 27.6. The summed E-state index contributed by atoms with van der Waals surface area (Å²) in [5, 5.41) is 18.7. The van der Waals surface area contributed by atoms with E-state index in [0.29, 0.717) is 17.7 Å². The van der Waals surface area contributed by atoms with Crippen molar-refractivity contribution in [2.75, 3.05) is 6.54 Å². The maximum absolute atomic E-state index is 13.8. The number of halogens is 2. The van der Waals surface area contributed by atoms with E-state index in [1.807, 2.05) is 11.8 Å². The first kappa shape index (κ1) is 15.3. The minimum atomic E-state index is -0.660. The van der Waals surface area contributed by atoms with Gasteiger partial charge in [-0.15, -0.1) is 0 Å². The van der Waals surface area contributed by atoms with E-state index in [9.17, 15) is 19.0 Å². The molecule has 0 heterocycles. The van der Waals surface area contributed by atoms with Crippen LogP contribution in [0.5, 0.6) is 11.5 Å². The zero-order chi connectivity index (χ0) is 15.4. The Kier molecular flexibility index (Phi) is 4.75. The van der Waals surface area contributed by atoms with Crippen molar-refractivity contribution < 1.29 is 19.0 Å². The van der Waals surface area contributed by atoms with Crippen LogP contribution in [0.4, 0.5) is 8.78 Å². The van der Waals surface area contributed by atoms with Crippen LogP contribution in [0.25, 0.3) is 0 Å². The Hall–Kier alpha value is -2.14. The number of hydrogen-bond acceptors (Lipinski definition) is 3. The van der Waals surface area contributed by atoms with Crippen molar-refractivity contribution in [2.24, 2.45) is 0 Å². The summed E-state index contributed by atoms with van der Waals surface area (Å²) in [6.07, 6.45) is 0. The molecule has 112 valence electrons. The van der Waals surface area contributed by atoms with Crippen LogP contribution in [0.3, 0.4) is 0 Å². The molecular formula is C16H17F2NO2. The molecule has 5 heteroatoms. The highest BCUT2D eigenvalue weighted by Crippen LogP contribution is 2.23. The number of benzene rings is 2. The molecule has 0 aliphatic heterocycles. The summed E-state index contributed by atoms with van der Waals surface area (Å²) in [5.41, 5.74) is 0.690. The minimum absolute atomic E-state index is 0.242. The molecule has 2 aromatic rings. The van der Waals surface area contributed by atoms with E-state index in [4.69, 9.17) is 0 Å². The highest BCUT2D eigenvalue weighted by atomic mass is 19.1. The van der Waals surface area contributed by atoms with E-state index in [0.717, 1.165) is 0 Å². The lowest BCUT2D eigenvalue weighted by Crippen LogP contribution is -2.23. The molecule has 0 saturated heterocycles. The number of aromatic hydroxyl groups is 2. The molecule has 2 rings (SSSR count). The topological polar surface area (TPSA) is 43.7 Å². The third-order valence-corrected chi connectivity index (χ3v) is 3.35. The van der Waals surface area contributed by atoms with Gasteiger partial charge in [-0.3, -0.25) is 4.90 Å². The van der Waals surface area contributed by atoms with Crippen LogP contribution in [-0.4, -0.2) is 21.7 Å². The first-order valence-electron chi connectivity index (χ1n) is 6.68. The van der Waals surface area contributed by atoms with Crippen LogP contribution < -0.4 is 0 Å². The SMILES string of the molecule is CCN(Cc1cccc(O)c1F)Cc1cccc(O)c1F. The summed E-state index contributed by atoms with van der Waals surface area (Å²) >= 11 is 0. The van der Waals surface area contributed by atoms with E-state index in [2.05, 4.69) is 0 Å². The lowest BCUT2D eigenvalue weighted by Gasteiger charge is -2.21. The van der Waals surface area contributed by atoms with Gasteiger partial charge in [0.2, 0.25) is 0 Å². The maximum Gasteiger partial charge on any atom is 0.169 e. The fourth-order valence-electron chi connectivity index (χ4n) is 2.14. The molecule has 0 spiro atoms. The Balaban J connectivity index is 2.17. The number of rotatable bonds is 5. The van der Waals surface area contributed by atoms with E-state index >= 15 is 0 Å². The van der Waals surface area contributed by atoms with E-state index in [1.54, 1.807) is 24.3 Å². The molecule has 0 bridgehead atoms. The Labute approximate surface area is 122 Å². The van der Waals surface area contributed by atoms with E-state index < -0.39 is 23.1 Å². The summed E-state index contributed by atoms with van der Waals surface area (Å²) in [6, 6.07) is 8.86. The maximum atomic E-state index is 13.8. The van der Waals surface area contributed by atoms with Crippen molar-refractivity contribution in [3.05, 3.63) is 59.2 Å². The van der Waals surface area contributed by atoms with Crippen molar-refractivity contribution in [3.8, 4) is 11.5 Å². The second kappa shape index (κ2) is 6.54. The lowest BCUT2D eigenvalue weighted by atomic mass is 10.1. The standard InChI is InChI=1S/C16H17F2NO2/c1-2-19(9-11-5-3-7-13(20)15(11)17)10-12-6-4-8-14(21)16(12)18/h3-8,20-21H,2,9-10H2,1H3. The molecular weight excluding hydrogens is 276 g/mol. The van der Waals surface area contributed by atoms with Crippen LogP contribution in [-0.2, 0) is 13.1 Å². The van der Waals surface area contributed by atoms with Gasteiger partial charge in [-0.2, -0.15) is 0 Å². The lowest BCUT2D eigenvalue weighted by molar-refractivity contribution is 0.261. The normalized spacial score (nSPS) is 11.0. The van der Waals surface area contributed by atoms with Gasteiger partial charge in [0.1, 0.15) is 0 Å². The van der Waals surface area contributed by atoms with Crippen LogP contribution in [0.15, 0.2) is 36.4 Å². The van der Waals surface area contributed by atoms with Crippen molar-refractivity contribution in [3.63, 3.8) is 0 Å². The van der Waals surface area contributed by atoms with Gasteiger partial charge in [0, 0.05) is 24.2 Å². The molecule has 0 radical (unpaired) electrons. The summed E-state index contributed by atoms with van der Waals surface area (Å²) in [6.45, 7) is 2.93. The largest absolute Gasteiger partial charge is 0.505 e. The van der Waals surface area contributed by atoms with Crippen molar-refractivity contribution >= 4 is 0 Å². The van der Waals surface area contributed by atoms with Gasteiger partial charge in [0.25, 0.3) is 0 Å². The molecule has 0 atom stereocenters. The predicted molar refractivity (Wildman–Crippen MR) is 75.9 cm³/mol. The van der Waals surface area contributed by atoms with Gasteiger partial charge in [0.15, 0.2) is 23.1 Å². The average molecular weight is 293 g/mol. The fraction of sp³-hybridized carbons (Fsp3) is 0.250. The first-order chi connectivity index (χ1) is 10.0. The average Bonchev–Trinajstić information content (AvgIpc) is 2.47. The van der Waals surface area contributed by atoms with Crippen LogP contribution >= 0.6 is 0 Å². The third-order valence-electron chi connectivity index (χ3n) is 3.35. The minimum Gasteiger partial charge on any atom is -0.505 e. The van der Waals surface area contributed by atoms with Gasteiger partial charge in [0.05, 0.1) is 0 Å². The Morgan fingerprint density at radius 1 is 0.857 bits per heavy atom. The summed E-state index contributed by atoms with van der Waals surface area (Å²) in [7, 11) is 0. The second-order valence-electron chi connectivity index (χ2n) is 4.80. The zero-order valence-corrected chi connectivity index (χ0v) is 11.7. The highest BCUT2D eigenvalue weighted by molar-refractivity contribution is 5.31. The molecule has 0 amide bonds. The highest BCUT2D eigenvalue weighted by Gasteiger charge is 2.14. The molecule has 0 aliphatic rings. The molecule has 21 heavy (non-hydrogen) atoms. The third kappa shape index (κ3) is 3.49. The van der Waals surface area contributed by atoms with Crippen LogP contribution in [0, 0.1) is 11.6 Å². The van der Waals surface area contributed by atoms with E-state index in [1.165, 1.54) is 12.1 Å². The van der Waals surface area contributed by atoms with Crippen molar-refractivity contribution in [1.82, 2.24) is 4.90 Å². The number of nitrogens with zero attached hydrogens (tertiary/aromatic N) is 1. The molecule has 3 nitrogen and oxygen atoms in total. The van der Waals surface area contributed by atoms with Crippen molar-refractivity contribution in [1.29, 1.82) is 0 Å². The molecule has 2 aromatic carbocycles. The van der Waals surface area contributed by atoms with Crippen LogP contribution in [0.2, 0.25) is 0 Å². The number of phenols is 2. The molecule has 0 saturated carbocycles. The predicted octanol–water partition coefficient (Wildman–Crippen LogP) is 3.40. The summed E-state index contributed by atoms with van der Waals surface area (Å²) in [5.74, 6) is -2.11. The van der Waals surface area contributed by atoms with Gasteiger partial charge in [-0.25, -0.2) is 8.78 Å². The quantitative estimate of drug-likeness (QED) is 0.888. The van der Waals surface area contributed by atoms with E-state index in [-0.39, 0.29) is 13.1 Å². The smallest absolute Gasteiger partial charge is 0.169 e. The van der Waals surface area contributed by atoms with Crippen molar-refractivity contribution in [2.45, 2.75) is 20.0 Å². The monoisotopic (exact) mass is 293 g/mol. The molecule has 2 N–H and O–H groups in total. The van der Waals surface area contributed by atoms with Gasteiger partial charge in [-0.1, -0.05) is 31.2 Å². The molecule has 0 aliphatic carbocycles. The zero-order valence-electron chi connectivity index (χ0n) is 11.7. The number of phenolic OH excluding ortho intramolecular Hbond substituents is 2. The second-order valence-corrected chi connectivity index (χ2v) is 4.80. The Bertz CT molecular complexity index is 578. The molecule has 0 aromatic heterocycles. The Morgan fingerprint density at radius 2 is 1.29 bits per heavy atom. The molecule has 0 unspecified atom stereocenters. The number of hydrogen-bond donors (Lipinski definition) is 2.